The molecule has 0 saturated heterocycles. The second-order valence-electron chi connectivity index (χ2n) is 6.52. The SMILES string of the molecule is O=C(O)/C=C/CCCCCCCCCCCCCCCCCF. The molecule has 0 aliphatic rings. The van der Waals surface area contributed by atoms with Crippen molar-refractivity contribution in [2.24, 2.45) is 0 Å². The first kappa shape index (κ1) is 22.1. The van der Waals surface area contributed by atoms with Gasteiger partial charge < -0.3 is 5.11 Å². The molecule has 0 aliphatic carbocycles. The zero-order valence-corrected chi connectivity index (χ0v) is 14.9. The number of halogens is 1. The molecule has 0 aromatic carbocycles. The number of unbranched alkanes of at least 4 members (excludes halogenated alkanes) is 15. The second kappa shape index (κ2) is 19.2. The van der Waals surface area contributed by atoms with Crippen LogP contribution in [0.2, 0.25) is 0 Å². The third-order valence-corrected chi connectivity index (χ3v) is 4.26. The van der Waals surface area contributed by atoms with Crippen LogP contribution in [0, 0.1) is 0 Å². The Balaban J connectivity index is 3.01. The molecule has 0 aromatic heterocycles. The molecule has 0 radical (unpaired) electrons. The number of carboxylic acids is 1. The summed E-state index contributed by atoms with van der Waals surface area (Å²) in [5.41, 5.74) is 0. The summed E-state index contributed by atoms with van der Waals surface area (Å²) in [6.45, 7) is -0.151. The Morgan fingerprint density at radius 3 is 1.35 bits per heavy atom. The molecular weight excluding hydrogens is 291 g/mol. The number of rotatable bonds is 18. The predicted molar refractivity (Wildman–Crippen MR) is 96.6 cm³/mol. The van der Waals surface area contributed by atoms with Crippen LogP contribution in [0.15, 0.2) is 12.2 Å². The quantitative estimate of drug-likeness (QED) is 0.221. The molecule has 2 nitrogen and oxygen atoms in total. The summed E-state index contributed by atoms with van der Waals surface area (Å²) in [4.78, 5) is 10.3. The molecule has 0 amide bonds. The minimum absolute atomic E-state index is 0.151. The van der Waals surface area contributed by atoms with Crippen molar-refractivity contribution in [3.63, 3.8) is 0 Å². The predicted octanol–water partition coefficient (Wildman–Crippen LogP) is 6.84. The van der Waals surface area contributed by atoms with Gasteiger partial charge in [0, 0.05) is 6.08 Å². The monoisotopic (exact) mass is 328 g/mol. The summed E-state index contributed by atoms with van der Waals surface area (Å²) < 4.78 is 11.9. The van der Waals surface area contributed by atoms with Crippen LogP contribution >= 0.6 is 0 Å². The fourth-order valence-corrected chi connectivity index (χ4v) is 2.84. The van der Waals surface area contributed by atoms with E-state index in [9.17, 15) is 9.18 Å². The van der Waals surface area contributed by atoms with E-state index in [0.29, 0.717) is 0 Å². The molecule has 3 heteroatoms. The lowest BCUT2D eigenvalue weighted by Crippen LogP contribution is -1.86. The van der Waals surface area contributed by atoms with Gasteiger partial charge in [-0.15, -0.1) is 0 Å². The third kappa shape index (κ3) is 21.1. The number of aliphatic carboxylic acids is 1. The average Bonchev–Trinajstić information content (AvgIpc) is 2.53. The van der Waals surface area contributed by atoms with E-state index in [1.807, 2.05) is 0 Å². The topological polar surface area (TPSA) is 37.3 Å². The van der Waals surface area contributed by atoms with Crippen molar-refractivity contribution >= 4 is 5.97 Å². The highest BCUT2D eigenvalue weighted by molar-refractivity contribution is 5.79. The first-order chi connectivity index (χ1) is 11.3. The highest BCUT2D eigenvalue weighted by atomic mass is 19.1. The first-order valence-corrected chi connectivity index (χ1v) is 9.73. The molecule has 0 rings (SSSR count). The van der Waals surface area contributed by atoms with Crippen LogP contribution in [0.5, 0.6) is 0 Å². The van der Waals surface area contributed by atoms with Crippen molar-refractivity contribution in [2.75, 3.05) is 6.67 Å². The Morgan fingerprint density at radius 1 is 0.652 bits per heavy atom. The van der Waals surface area contributed by atoms with E-state index < -0.39 is 5.97 Å². The van der Waals surface area contributed by atoms with E-state index in [1.54, 1.807) is 6.08 Å². The molecule has 23 heavy (non-hydrogen) atoms. The average molecular weight is 329 g/mol. The maximum absolute atomic E-state index is 11.9. The highest BCUT2D eigenvalue weighted by Crippen LogP contribution is 2.13. The highest BCUT2D eigenvalue weighted by Gasteiger charge is 1.94. The van der Waals surface area contributed by atoms with Crippen LogP contribution in [0.25, 0.3) is 0 Å². The van der Waals surface area contributed by atoms with Crippen LogP contribution in [-0.4, -0.2) is 17.8 Å². The number of allylic oxidation sites excluding steroid dienone is 1. The lowest BCUT2D eigenvalue weighted by atomic mass is 10.0. The maximum Gasteiger partial charge on any atom is 0.327 e. The molecule has 0 atom stereocenters. The Hall–Kier alpha value is -0.860. The minimum Gasteiger partial charge on any atom is -0.478 e. The summed E-state index contributed by atoms with van der Waals surface area (Å²) in [5, 5.41) is 8.45. The van der Waals surface area contributed by atoms with Gasteiger partial charge in [0.2, 0.25) is 0 Å². The molecule has 136 valence electrons. The van der Waals surface area contributed by atoms with Crippen molar-refractivity contribution in [3.8, 4) is 0 Å². The first-order valence-electron chi connectivity index (χ1n) is 9.73. The molecular formula is C20H37FO2. The lowest BCUT2D eigenvalue weighted by Gasteiger charge is -2.03. The Bertz CT molecular complexity index is 277. The molecule has 0 spiro atoms. The van der Waals surface area contributed by atoms with Crippen molar-refractivity contribution in [2.45, 2.75) is 103 Å². The Labute approximate surface area is 142 Å². The van der Waals surface area contributed by atoms with Crippen molar-refractivity contribution in [1.29, 1.82) is 0 Å². The van der Waals surface area contributed by atoms with Gasteiger partial charge in [-0.2, -0.15) is 0 Å². The van der Waals surface area contributed by atoms with Crippen molar-refractivity contribution in [1.82, 2.24) is 0 Å². The lowest BCUT2D eigenvalue weighted by molar-refractivity contribution is -0.131. The van der Waals surface area contributed by atoms with Gasteiger partial charge in [-0.3, -0.25) is 4.39 Å². The standard InChI is InChI=1S/C20H37FO2/c21-19-17-15-13-11-9-7-5-3-1-2-4-6-8-10-12-14-16-18-20(22)23/h16,18H,1-15,17,19H2,(H,22,23)/b18-16+. The van der Waals surface area contributed by atoms with Crippen LogP contribution in [-0.2, 0) is 4.79 Å². The number of alkyl halides is 1. The summed E-state index contributed by atoms with van der Waals surface area (Å²) in [7, 11) is 0. The molecule has 0 saturated carbocycles. The van der Waals surface area contributed by atoms with Crippen LogP contribution in [0.1, 0.15) is 103 Å². The van der Waals surface area contributed by atoms with E-state index in [4.69, 9.17) is 5.11 Å². The molecule has 0 bridgehead atoms. The molecule has 0 heterocycles. The van der Waals surface area contributed by atoms with E-state index in [-0.39, 0.29) is 6.67 Å². The fraction of sp³-hybridized carbons (Fsp3) is 0.850. The number of carboxylic acid groups (broad SMARTS) is 1. The third-order valence-electron chi connectivity index (χ3n) is 4.26. The van der Waals surface area contributed by atoms with Gasteiger partial charge in [-0.1, -0.05) is 89.5 Å². The molecule has 0 unspecified atom stereocenters. The smallest absolute Gasteiger partial charge is 0.327 e. The van der Waals surface area contributed by atoms with E-state index in [0.717, 1.165) is 25.7 Å². The van der Waals surface area contributed by atoms with Gasteiger partial charge >= 0.3 is 5.97 Å². The van der Waals surface area contributed by atoms with Crippen LogP contribution in [0.4, 0.5) is 4.39 Å². The van der Waals surface area contributed by atoms with Gasteiger partial charge in [0.15, 0.2) is 0 Å². The zero-order chi connectivity index (χ0) is 17.0. The molecule has 0 aliphatic heterocycles. The van der Waals surface area contributed by atoms with Gasteiger partial charge in [0.05, 0.1) is 6.67 Å². The van der Waals surface area contributed by atoms with Gasteiger partial charge in [0.1, 0.15) is 0 Å². The van der Waals surface area contributed by atoms with E-state index >= 15 is 0 Å². The zero-order valence-electron chi connectivity index (χ0n) is 14.9. The van der Waals surface area contributed by atoms with Crippen molar-refractivity contribution in [3.05, 3.63) is 12.2 Å². The number of hydrogen-bond donors (Lipinski definition) is 1. The van der Waals surface area contributed by atoms with Crippen LogP contribution in [0.3, 0.4) is 0 Å². The van der Waals surface area contributed by atoms with E-state index in [2.05, 4.69) is 0 Å². The fourth-order valence-electron chi connectivity index (χ4n) is 2.84. The minimum atomic E-state index is -0.846. The van der Waals surface area contributed by atoms with E-state index in [1.165, 1.54) is 83.1 Å². The second-order valence-corrected chi connectivity index (χ2v) is 6.52. The van der Waals surface area contributed by atoms with Gasteiger partial charge in [-0.25, -0.2) is 4.79 Å². The Morgan fingerprint density at radius 2 is 1.00 bits per heavy atom. The summed E-state index contributed by atoms with van der Waals surface area (Å²) in [6, 6.07) is 0. The normalized spacial score (nSPS) is 11.3. The maximum atomic E-state index is 11.9. The van der Waals surface area contributed by atoms with Crippen LogP contribution < -0.4 is 0 Å². The summed E-state index contributed by atoms with van der Waals surface area (Å²) in [5.74, 6) is -0.846. The van der Waals surface area contributed by atoms with Crippen molar-refractivity contribution < 1.29 is 14.3 Å². The number of hydrogen-bond acceptors (Lipinski definition) is 1. The van der Waals surface area contributed by atoms with Gasteiger partial charge in [-0.05, 0) is 19.3 Å². The molecule has 0 fully saturated rings. The summed E-state index contributed by atoms with van der Waals surface area (Å²) in [6.07, 6.45) is 22.5. The molecule has 0 aromatic rings. The number of carbonyl (C=O) groups is 1. The summed E-state index contributed by atoms with van der Waals surface area (Å²) >= 11 is 0. The van der Waals surface area contributed by atoms with Gasteiger partial charge in [0.25, 0.3) is 0 Å². The molecule has 1 N–H and O–H groups in total. The largest absolute Gasteiger partial charge is 0.478 e. The Kier molecular flexibility index (Phi) is 18.5.